The number of carboxylic acids is 1. The Kier molecular flexibility index (Phi) is 3.99. The molecule has 86 valence electrons. The number of nitrogens with one attached hydrogen (secondary N) is 1. The topological polar surface area (TPSA) is 79.3 Å². The van der Waals surface area contributed by atoms with E-state index >= 15 is 0 Å². The molecule has 1 aromatic rings. The molecule has 1 heterocycles. The zero-order chi connectivity index (χ0) is 12.1. The molecular formula is C11H14N2O3. The van der Waals surface area contributed by atoms with Crippen molar-refractivity contribution in [1.29, 1.82) is 0 Å². The highest BCUT2D eigenvalue weighted by Crippen LogP contribution is 2.12. The van der Waals surface area contributed by atoms with Crippen LogP contribution in [-0.4, -0.2) is 22.0 Å². The number of anilines is 1. The summed E-state index contributed by atoms with van der Waals surface area (Å²) < 4.78 is 0. The molecule has 1 aromatic heterocycles. The molecule has 5 heteroatoms. The Labute approximate surface area is 93.5 Å². The molecule has 2 N–H and O–H groups in total. The van der Waals surface area contributed by atoms with Gasteiger partial charge in [-0.05, 0) is 18.1 Å². The van der Waals surface area contributed by atoms with E-state index in [2.05, 4.69) is 10.3 Å². The fourth-order valence-corrected chi connectivity index (χ4v) is 1.23. The first kappa shape index (κ1) is 12.2. The van der Waals surface area contributed by atoms with Gasteiger partial charge in [0.2, 0.25) is 5.91 Å². The number of rotatable bonds is 4. The number of aromatic carboxylic acids is 1. The molecule has 0 spiro atoms. The Morgan fingerprint density at radius 1 is 1.50 bits per heavy atom. The third kappa shape index (κ3) is 3.34. The molecule has 0 aromatic carbocycles. The highest BCUT2D eigenvalue weighted by molar-refractivity contribution is 5.99. The van der Waals surface area contributed by atoms with Crippen molar-refractivity contribution in [2.45, 2.75) is 20.3 Å². The third-order valence-electron chi connectivity index (χ3n) is 1.89. The lowest BCUT2D eigenvalue weighted by molar-refractivity contribution is -0.116. The Balaban J connectivity index is 2.81. The lowest BCUT2D eigenvalue weighted by Crippen LogP contribution is -2.17. The van der Waals surface area contributed by atoms with E-state index in [1.54, 1.807) is 0 Å². The quantitative estimate of drug-likeness (QED) is 0.813. The highest BCUT2D eigenvalue weighted by atomic mass is 16.4. The number of carbonyl (C=O) groups excluding carboxylic acids is 1. The Morgan fingerprint density at radius 2 is 2.19 bits per heavy atom. The average Bonchev–Trinajstić information content (AvgIpc) is 2.16. The molecule has 0 atom stereocenters. The van der Waals surface area contributed by atoms with E-state index in [9.17, 15) is 9.59 Å². The van der Waals surface area contributed by atoms with Crippen LogP contribution in [0.3, 0.4) is 0 Å². The molecule has 0 aliphatic heterocycles. The van der Waals surface area contributed by atoms with Gasteiger partial charge in [-0.3, -0.25) is 4.79 Å². The monoisotopic (exact) mass is 222 g/mol. The molecule has 0 radical (unpaired) electrons. The lowest BCUT2D eigenvalue weighted by atomic mass is 10.1. The van der Waals surface area contributed by atoms with Crippen molar-refractivity contribution in [2.24, 2.45) is 5.92 Å². The van der Waals surface area contributed by atoms with Crippen molar-refractivity contribution < 1.29 is 14.7 Å². The van der Waals surface area contributed by atoms with Gasteiger partial charge in [0.25, 0.3) is 0 Å². The van der Waals surface area contributed by atoms with Crippen LogP contribution in [0.1, 0.15) is 30.6 Å². The molecule has 0 aliphatic carbocycles. The summed E-state index contributed by atoms with van der Waals surface area (Å²) in [7, 11) is 0. The summed E-state index contributed by atoms with van der Waals surface area (Å²) in [5, 5.41) is 11.4. The summed E-state index contributed by atoms with van der Waals surface area (Å²) in [6.07, 6.45) is 1.78. The average molecular weight is 222 g/mol. The van der Waals surface area contributed by atoms with Crippen molar-refractivity contribution >= 4 is 17.7 Å². The lowest BCUT2D eigenvalue weighted by Gasteiger charge is -2.08. The van der Waals surface area contributed by atoms with E-state index in [1.807, 2.05) is 13.8 Å². The fraction of sp³-hybridized carbons (Fsp3) is 0.364. The fourth-order valence-electron chi connectivity index (χ4n) is 1.23. The molecule has 1 amide bonds. The minimum atomic E-state index is -1.10. The molecular weight excluding hydrogens is 208 g/mol. The first-order valence-electron chi connectivity index (χ1n) is 4.99. The Bertz CT molecular complexity index is 402. The van der Waals surface area contributed by atoms with Crippen molar-refractivity contribution in [3.8, 4) is 0 Å². The largest absolute Gasteiger partial charge is 0.478 e. The first-order valence-corrected chi connectivity index (χ1v) is 4.99. The van der Waals surface area contributed by atoms with Crippen LogP contribution < -0.4 is 5.32 Å². The van der Waals surface area contributed by atoms with E-state index < -0.39 is 5.97 Å². The van der Waals surface area contributed by atoms with Gasteiger partial charge in [0.1, 0.15) is 11.4 Å². The van der Waals surface area contributed by atoms with Gasteiger partial charge in [-0.25, -0.2) is 9.78 Å². The SMILES string of the molecule is CC(C)CC(=O)Nc1ncccc1C(=O)O. The highest BCUT2D eigenvalue weighted by Gasteiger charge is 2.13. The van der Waals surface area contributed by atoms with E-state index in [-0.39, 0.29) is 23.2 Å². The van der Waals surface area contributed by atoms with Gasteiger partial charge in [0.15, 0.2) is 0 Å². The van der Waals surface area contributed by atoms with E-state index in [0.29, 0.717) is 6.42 Å². The normalized spacial score (nSPS) is 10.2. The van der Waals surface area contributed by atoms with Crippen LogP contribution >= 0.6 is 0 Å². The van der Waals surface area contributed by atoms with Gasteiger partial charge in [0, 0.05) is 12.6 Å². The third-order valence-corrected chi connectivity index (χ3v) is 1.89. The molecule has 0 aliphatic rings. The Hall–Kier alpha value is -1.91. The van der Waals surface area contributed by atoms with Crippen LogP contribution in [0.25, 0.3) is 0 Å². The number of aromatic nitrogens is 1. The molecule has 0 fully saturated rings. The van der Waals surface area contributed by atoms with Crippen LogP contribution in [0.5, 0.6) is 0 Å². The maximum atomic E-state index is 11.5. The predicted molar refractivity (Wildman–Crippen MR) is 59.3 cm³/mol. The van der Waals surface area contributed by atoms with Crippen molar-refractivity contribution in [3.63, 3.8) is 0 Å². The van der Waals surface area contributed by atoms with Crippen molar-refractivity contribution in [1.82, 2.24) is 4.98 Å². The van der Waals surface area contributed by atoms with Crippen LogP contribution in [-0.2, 0) is 4.79 Å². The molecule has 5 nitrogen and oxygen atoms in total. The number of hydrogen-bond acceptors (Lipinski definition) is 3. The maximum Gasteiger partial charge on any atom is 0.339 e. The van der Waals surface area contributed by atoms with Gasteiger partial charge in [-0.1, -0.05) is 13.8 Å². The van der Waals surface area contributed by atoms with Gasteiger partial charge in [0.05, 0.1) is 0 Å². The van der Waals surface area contributed by atoms with Crippen LogP contribution in [0.4, 0.5) is 5.82 Å². The van der Waals surface area contributed by atoms with Crippen LogP contribution in [0, 0.1) is 5.92 Å². The van der Waals surface area contributed by atoms with E-state index in [0.717, 1.165) is 0 Å². The molecule has 16 heavy (non-hydrogen) atoms. The summed E-state index contributed by atoms with van der Waals surface area (Å²) in [6.45, 7) is 3.83. The summed E-state index contributed by atoms with van der Waals surface area (Å²) in [4.78, 5) is 26.1. The minimum absolute atomic E-state index is 0.000365. The van der Waals surface area contributed by atoms with Gasteiger partial charge < -0.3 is 10.4 Å². The number of nitrogens with zero attached hydrogens (tertiary/aromatic N) is 1. The van der Waals surface area contributed by atoms with Crippen LogP contribution in [0.2, 0.25) is 0 Å². The van der Waals surface area contributed by atoms with Gasteiger partial charge in [-0.2, -0.15) is 0 Å². The number of pyridine rings is 1. The number of carboxylic acid groups (broad SMARTS) is 1. The van der Waals surface area contributed by atoms with Gasteiger partial charge in [-0.15, -0.1) is 0 Å². The second-order valence-electron chi connectivity index (χ2n) is 3.85. The minimum Gasteiger partial charge on any atom is -0.478 e. The summed E-state index contributed by atoms with van der Waals surface area (Å²) >= 11 is 0. The van der Waals surface area contributed by atoms with Crippen molar-refractivity contribution in [3.05, 3.63) is 23.9 Å². The molecule has 0 saturated carbocycles. The van der Waals surface area contributed by atoms with Gasteiger partial charge >= 0.3 is 5.97 Å². The number of hydrogen-bond donors (Lipinski definition) is 2. The molecule has 0 bridgehead atoms. The maximum absolute atomic E-state index is 11.5. The zero-order valence-corrected chi connectivity index (χ0v) is 9.23. The molecule has 0 saturated heterocycles. The van der Waals surface area contributed by atoms with E-state index in [1.165, 1.54) is 18.3 Å². The summed E-state index contributed by atoms with van der Waals surface area (Å²) in [5.74, 6) is -1.01. The second-order valence-corrected chi connectivity index (χ2v) is 3.85. The number of amides is 1. The Morgan fingerprint density at radius 3 is 2.75 bits per heavy atom. The summed E-state index contributed by atoms with van der Waals surface area (Å²) in [6, 6.07) is 2.92. The summed E-state index contributed by atoms with van der Waals surface area (Å²) in [5.41, 5.74) is -0.000365. The number of carbonyl (C=O) groups is 2. The van der Waals surface area contributed by atoms with Crippen molar-refractivity contribution in [2.75, 3.05) is 5.32 Å². The standard InChI is InChI=1S/C11H14N2O3/c1-7(2)6-9(14)13-10-8(11(15)16)4-3-5-12-10/h3-5,7H,6H2,1-2H3,(H,15,16)(H,12,13,14). The molecule has 0 unspecified atom stereocenters. The zero-order valence-electron chi connectivity index (χ0n) is 9.23. The smallest absolute Gasteiger partial charge is 0.339 e. The van der Waals surface area contributed by atoms with E-state index in [4.69, 9.17) is 5.11 Å². The second kappa shape index (κ2) is 5.25. The molecule has 1 rings (SSSR count). The van der Waals surface area contributed by atoms with Crippen LogP contribution in [0.15, 0.2) is 18.3 Å². The predicted octanol–water partition coefficient (Wildman–Crippen LogP) is 1.76. The first-order chi connectivity index (χ1) is 7.50.